The Bertz CT molecular complexity index is 918. The molecule has 0 fully saturated rings. The summed E-state index contributed by atoms with van der Waals surface area (Å²) < 4.78 is 4.93. The highest BCUT2D eigenvalue weighted by molar-refractivity contribution is 5.97. The Hall–Kier alpha value is -3.53. The van der Waals surface area contributed by atoms with Gasteiger partial charge in [-0.25, -0.2) is 0 Å². The lowest BCUT2D eigenvalue weighted by Crippen LogP contribution is -2.42. The van der Waals surface area contributed by atoms with Gasteiger partial charge in [0, 0.05) is 37.4 Å². The van der Waals surface area contributed by atoms with Crippen LogP contribution in [0.5, 0.6) is 0 Å². The Balaban J connectivity index is 2.06. The predicted molar refractivity (Wildman–Crippen MR) is 116 cm³/mol. The van der Waals surface area contributed by atoms with E-state index >= 15 is 0 Å². The van der Waals surface area contributed by atoms with Gasteiger partial charge in [-0.2, -0.15) is 0 Å². The molecule has 0 radical (unpaired) electrons. The predicted octanol–water partition coefficient (Wildman–Crippen LogP) is 2.71. The largest absolute Gasteiger partial charge is 0.360 e. The van der Waals surface area contributed by atoms with Crippen LogP contribution < -0.4 is 5.32 Å². The maximum Gasteiger partial charge on any atom is 0.269 e. The van der Waals surface area contributed by atoms with E-state index in [2.05, 4.69) is 15.4 Å². The zero-order valence-corrected chi connectivity index (χ0v) is 17.9. The molecule has 2 rings (SSSR count). The second kappa shape index (κ2) is 11.6. The number of benzene rings is 1. The summed E-state index contributed by atoms with van der Waals surface area (Å²) in [6.45, 7) is 8.30. The van der Waals surface area contributed by atoms with Crippen LogP contribution >= 0.6 is 0 Å². The highest BCUT2D eigenvalue weighted by atomic mass is 16.6. The van der Waals surface area contributed by atoms with Crippen LogP contribution in [0.1, 0.15) is 25.2 Å². The number of aromatic nitrogens is 1. The van der Waals surface area contributed by atoms with Crippen molar-refractivity contribution in [1.82, 2.24) is 15.0 Å². The fourth-order valence-electron chi connectivity index (χ4n) is 2.83. The standard InChI is InChI=1S/C21H27N5O5/c1-4-24(5-2)12-13-25(15-20(27)22-19-14-16(3)31-23-19)21(28)11-8-17-6-9-18(10-7-17)26(29)30/h6-11,14H,4-5,12-13,15H2,1-3H3,(H,22,23,27). The maximum absolute atomic E-state index is 12.8. The van der Waals surface area contributed by atoms with Gasteiger partial charge in [0.15, 0.2) is 5.82 Å². The first-order valence-electron chi connectivity index (χ1n) is 9.99. The molecule has 31 heavy (non-hydrogen) atoms. The molecule has 166 valence electrons. The van der Waals surface area contributed by atoms with Gasteiger partial charge >= 0.3 is 0 Å². The van der Waals surface area contributed by atoms with Crippen molar-refractivity contribution in [2.45, 2.75) is 20.8 Å². The second-order valence-corrected chi connectivity index (χ2v) is 6.84. The molecule has 0 aliphatic rings. The second-order valence-electron chi connectivity index (χ2n) is 6.84. The number of amides is 2. The molecule has 1 aromatic carbocycles. The number of nitro groups is 1. The SMILES string of the molecule is CCN(CC)CCN(CC(=O)Nc1cc(C)on1)C(=O)C=Cc1ccc([N+](=O)[O-])cc1. The molecule has 0 unspecified atom stereocenters. The first-order chi connectivity index (χ1) is 14.8. The van der Waals surface area contributed by atoms with E-state index in [9.17, 15) is 19.7 Å². The summed E-state index contributed by atoms with van der Waals surface area (Å²) in [7, 11) is 0. The normalized spacial score (nSPS) is 11.1. The van der Waals surface area contributed by atoms with E-state index in [-0.39, 0.29) is 24.0 Å². The Labute approximate surface area is 180 Å². The lowest BCUT2D eigenvalue weighted by Gasteiger charge is -2.25. The van der Waals surface area contributed by atoms with E-state index in [1.165, 1.54) is 23.1 Å². The van der Waals surface area contributed by atoms with Crippen molar-refractivity contribution in [2.24, 2.45) is 0 Å². The number of nitrogens with zero attached hydrogens (tertiary/aromatic N) is 4. The molecule has 1 heterocycles. The molecule has 1 aromatic heterocycles. The molecule has 0 saturated carbocycles. The van der Waals surface area contributed by atoms with Gasteiger partial charge in [-0.05, 0) is 43.8 Å². The van der Waals surface area contributed by atoms with Crippen LogP contribution in [0.25, 0.3) is 6.08 Å². The number of anilines is 1. The van der Waals surface area contributed by atoms with Crippen molar-refractivity contribution in [3.05, 3.63) is 57.8 Å². The monoisotopic (exact) mass is 429 g/mol. The fourth-order valence-corrected chi connectivity index (χ4v) is 2.83. The van der Waals surface area contributed by atoms with E-state index in [0.29, 0.717) is 30.2 Å². The van der Waals surface area contributed by atoms with Gasteiger partial charge in [0.1, 0.15) is 12.3 Å². The summed E-state index contributed by atoms with van der Waals surface area (Å²) in [6.07, 6.45) is 2.92. The van der Waals surface area contributed by atoms with Crippen LogP contribution in [0.15, 0.2) is 40.9 Å². The first kappa shape index (κ1) is 23.7. The zero-order chi connectivity index (χ0) is 22.8. The van der Waals surface area contributed by atoms with Crippen molar-refractivity contribution >= 4 is 29.4 Å². The first-order valence-corrected chi connectivity index (χ1v) is 9.99. The number of aryl methyl sites for hydroxylation is 1. The molecule has 10 heteroatoms. The molecule has 0 aliphatic carbocycles. The maximum atomic E-state index is 12.8. The molecular weight excluding hydrogens is 402 g/mol. The summed E-state index contributed by atoms with van der Waals surface area (Å²) in [5.41, 5.74) is 0.620. The topological polar surface area (TPSA) is 122 Å². The van der Waals surface area contributed by atoms with Crippen molar-refractivity contribution in [1.29, 1.82) is 0 Å². The summed E-state index contributed by atoms with van der Waals surface area (Å²) in [5.74, 6) is 0.137. The van der Waals surface area contributed by atoms with Crippen molar-refractivity contribution in [2.75, 3.05) is 38.0 Å². The number of hydrogen-bond acceptors (Lipinski definition) is 7. The van der Waals surface area contributed by atoms with E-state index < -0.39 is 4.92 Å². The summed E-state index contributed by atoms with van der Waals surface area (Å²) in [6, 6.07) is 7.45. The minimum atomic E-state index is -0.484. The molecule has 10 nitrogen and oxygen atoms in total. The van der Waals surface area contributed by atoms with Crippen molar-refractivity contribution < 1.29 is 19.0 Å². The summed E-state index contributed by atoms with van der Waals surface area (Å²) in [4.78, 5) is 39.0. The molecule has 2 aromatic rings. The third-order valence-electron chi connectivity index (χ3n) is 4.64. The van der Waals surface area contributed by atoms with Gasteiger partial charge < -0.3 is 19.6 Å². The van der Waals surface area contributed by atoms with Crippen LogP contribution in [0.2, 0.25) is 0 Å². The van der Waals surface area contributed by atoms with Crippen LogP contribution in [-0.2, 0) is 9.59 Å². The minimum Gasteiger partial charge on any atom is -0.360 e. The third kappa shape index (κ3) is 7.67. The van der Waals surface area contributed by atoms with Gasteiger partial charge in [-0.1, -0.05) is 19.0 Å². The van der Waals surface area contributed by atoms with Gasteiger partial charge in [0.05, 0.1) is 4.92 Å². The van der Waals surface area contributed by atoms with Gasteiger partial charge in [0.25, 0.3) is 5.69 Å². The van der Waals surface area contributed by atoms with Crippen molar-refractivity contribution in [3.8, 4) is 0 Å². The Morgan fingerprint density at radius 1 is 1.19 bits per heavy atom. The van der Waals surface area contributed by atoms with Crippen LogP contribution in [0.3, 0.4) is 0 Å². The average Bonchev–Trinajstić information content (AvgIpc) is 3.16. The number of nitrogens with one attached hydrogen (secondary N) is 1. The Morgan fingerprint density at radius 2 is 1.87 bits per heavy atom. The van der Waals surface area contributed by atoms with Crippen LogP contribution in [0, 0.1) is 17.0 Å². The highest BCUT2D eigenvalue weighted by Crippen LogP contribution is 2.13. The highest BCUT2D eigenvalue weighted by Gasteiger charge is 2.17. The lowest BCUT2D eigenvalue weighted by atomic mass is 10.2. The smallest absolute Gasteiger partial charge is 0.269 e. The van der Waals surface area contributed by atoms with Crippen LogP contribution in [0.4, 0.5) is 11.5 Å². The minimum absolute atomic E-state index is 0.0240. The summed E-state index contributed by atoms with van der Waals surface area (Å²) >= 11 is 0. The summed E-state index contributed by atoms with van der Waals surface area (Å²) in [5, 5.41) is 17.1. The average molecular weight is 429 g/mol. The number of carbonyl (C=O) groups is 2. The van der Waals surface area contributed by atoms with Crippen LogP contribution in [-0.4, -0.2) is 64.4 Å². The van der Waals surface area contributed by atoms with E-state index in [0.717, 1.165) is 13.1 Å². The molecule has 0 aliphatic heterocycles. The van der Waals surface area contributed by atoms with Gasteiger partial charge in [-0.3, -0.25) is 19.7 Å². The van der Waals surface area contributed by atoms with Gasteiger partial charge in [0.2, 0.25) is 11.8 Å². The Morgan fingerprint density at radius 3 is 2.42 bits per heavy atom. The van der Waals surface area contributed by atoms with Gasteiger partial charge in [-0.15, -0.1) is 0 Å². The van der Waals surface area contributed by atoms with E-state index in [1.807, 2.05) is 13.8 Å². The number of carbonyl (C=O) groups excluding carboxylic acids is 2. The molecule has 0 spiro atoms. The number of nitro benzene ring substituents is 1. The fraction of sp³-hybridized carbons (Fsp3) is 0.381. The molecule has 2 amide bonds. The van der Waals surface area contributed by atoms with E-state index in [4.69, 9.17) is 4.52 Å². The number of rotatable bonds is 11. The number of hydrogen-bond donors (Lipinski definition) is 1. The molecular formula is C21H27N5O5. The molecule has 0 bridgehead atoms. The zero-order valence-electron chi connectivity index (χ0n) is 17.9. The number of non-ortho nitro benzene ring substituents is 1. The molecule has 0 saturated heterocycles. The Kier molecular flexibility index (Phi) is 8.89. The molecule has 0 atom stereocenters. The molecule has 1 N–H and O–H groups in total. The van der Waals surface area contributed by atoms with E-state index in [1.54, 1.807) is 31.2 Å². The number of likely N-dealkylation sites (N-methyl/N-ethyl adjacent to an activating group) is 1. The van der Waals surface area contributed by atoms with Crippen molar-refractivity contribution in [3.63, 3.8) is 0 Å². The third-order valence-corrected chi connectivity index (χ3v) is 4.64. The quantitative estimate of drug-likeness (QED) is 0.331. The lowest BCUT2D eigenvalue weighted by molar-refractivity contribution is -0.384.